The molecule has 1 rings (SSSR count). The highest BCUT2D eigenvalue weighted by Crippen LogP contribution is 2.21. The number of carbonyl (C=O) groups excluding carboxylic acids is 2. The molecule has 0 aliphatic rings. The lowest BCUT2D eigenvalue weighted by Crippen LogP contribution is -2.37. The molecule has 0 heterocycles. The molecular formula is C15H20FNO3. The van der Waals surface area contributed by atoms with Gasteiger partial charge in [-0.1, -0.05) is 13.3 Å². The molecule has 20 heavy (non-hydrogen) atoms. The van der Waals surface area contributed by atoms with E-state index in [1.165, 1.54) is 19.1 Å². The number of ketones is 1. The minimum Gasteiger partial charge on any atom is -0.480 e. The van der Waals surface area contributed by atoms with Gasteiger partial charge in [-0.2, -0.15) is 0 Å². The van der Waals surface area contributed by atoms with E-state index in [4.69, 9.17) is 4.74 Å². The first-order valence-electron chi connectivity index (χ1n) is 6.70. The molecule has 5 heteroatoms. The molecule has 0 saturated carbocycles. The lowest BCUT2D eigenvalue weighted by atomic mass is 10.1. The lowest BCUT2D eigenvalue weighted by Gasteiger charge is -2.16. The molecule has 1 unspecified atom stereocenters. The number of carbonyl (C=O) groups is 2. The molecule has 0 bridgehead atoms. The van der Waals surface area contributed by atoms with Gasteiger partial charge in [0.2, 0.25) is 0 Å². The summed E-state index contributed by atoms with van der Waals surface area (Å²) >= 11 is 0. The van der Waals surface area contributed by atoms with Crippen molar-refractivity contribution in [2.24, 2.45) is 0 Å². The quantitative estimate of drug-likeness (QED) is 0.617. The summed E-state index contributed by atoms with van der Waals surface area (Å²) in [5.41, 5.74) is 0.137. The zero-order valence-electron chi connectivity index (χ0n) is 12.0. The van der Waals surface area contributed by atoms with Gasteiger partial charge in [0.25, 0.3) is 5.91 Å². The van der Waals surface area contributed by atoms with Crippen LogP contribution in [0.2, 0.25) is 0 Å². The Kier molecular flexibility index (Phi) is 6.15. The van der Waals surface area contributed by atoms with E-state index in [9.17, 15) is 14.0 Å². The standard InChI is InChI=1S/C15H20FNO3/c1-4-5-8-17-15(19)11(3)20-14-7-6-12(16)9-13(14)10(2)18/h6-7,9,11H,4-5,8H2,1-3H3,(H,17,19). The van der Waals surface area contributed by atoms with Crippen LogP contribution in [0.5, 0.6) is 5.75 Å². The van der Waals surface area contributed by atoms with E-state index < -0.39 is 11.9 Å². The third kappa shape index (κ3) is 4.64. The number of unbranched alkanes of at least 4 members (excludes halogenated alkanes) is 1. The summed E-state index contributed by atoms with van der Waals surface area (Å²) in [4.78, 5) is 23.2. The Morgan fingerprint density at radius 2 is 2.10 bits per heavy atom. The molecule has 0 aliphatic heterocycles. The topological polar surface area (TPSA) is 55.4 Å². The Morgan fingerprint density at radius 3 is 2.70 bits per heavy atom. The third-order valence-corrected chi connectivity index (χ3v) is 2.82. The summed E-state index contributed by atoms with van der Waals surface area (Å²) in [5.74, 6) is -0.852. The fourth-order valence-electron chi connectivity index (χ4n) is 1.66. The lowest BCUT2D eigenvalue weighted by molar-refractivity contribution is -0.127. The molecule has 1 aromatic rings. The van der Waals surface area contributed by atoms with Crippen molar-refractivity contribution in [1.29, 1.82) is 0 Å². The van der Waals surface area contributed by atoms with Crippen molar-refractivity contribution < 1.29 is 18.7 Å². The van der Waals surface area contributed by atoms with Gasteiger partial charge in [-0.15, -0.1) is 0 Å². The summed E-state index contributed by atoms with van der Waals surface area (Å²) < 4.78 is 18.6. The molecule has 0 radical (unpaired) electrons. The molecule has 4 nitrogen and oxygen atoms in total. The summed E-state index contributed by atoms with van der Waals surface area (Å²) in [6, 6.07) is 3.67. The third-order valence-electron chi connectivity index (χ3n) is 2.82. The van der Waals surface area contributed by atoms with Crippen LogP contribution in [0, 0.1) is 5.82 Å². The Labute approximate surface area is 118 Å². The Morgan fingerprint density at radius 1 is 1.40 bits per heavy atom. The van der Waals surface area contributed by atoms with Gasteiger partial charge in [0.1, 0.15) is 11.6 Å². The number of nitrogens with one attached hydrogen (secondary N) is 1. The van der Waals surface area contributed by atoms with Crippen LogP contribution in [0.1, 0.15) is 44.0 Å². The summed E-state index contributed by atoms with van der Waals surface area (Å²) in [6.07, 6.45) is 1.14. The molecule has 1 N–H and O–H groups in total. The van der Waals surface area contributed by atoms with E-state index in [0.717, 1.165) is 18.9 Å². The van der Waals surface area contributed by atoms with Gasteiger partial charge >= 0.3 is 0 Å². The molecule has 0 aliphatic carbocycles. The van der Waals surface area contributed by atoms with Crippen LogP contribution in [0.4, 0.5) is 4.39 Å². The van der Waals surface area contributed by atoms with Crippen molar-refractivity contribution in [3.05, 3.63) is 29.6 Å². The number of Topliss-reactive ketones (excluding diaryl/α,β-unsaturated/α-hetero) is 1. The first kappa shape index (κ1) is 16.1. The smallest absolute Gasteiger partial charge is 0.260 e. The summed E-state index contributed by atoms with van der Waals surface area (Å²) in [7, 11) is 0. The number of ether oxygens (including phenoxy) is 1. The molecule has 1 atom stereocenters. The first-order chi connectivity index (χ1) is 9.45. The number of hydrogen-bond donors (Lipinski definition) is 1. The van der Waals surface area contributed by atoms with E-state index >= 15 is 0 Å². The van der Waals surface area contributed by atoms with Crippen LogP contribution >= 0.6 is 0 Å². The minimum atomic E-state index is -0.740. The second kappa shape index (κ2) is 7.62. The highest BCUT2D eigenvalue weighted by Gasteiger charge is 2.17. The van der Waals surface area contributed by atoms with E-state index in [1.807, 2.05) is 6.92 Å². The van der Waals surface area contributed by atoms with Crippen LogP contribution in [0.15, 0.2) is 18.2 Å². The maximum absolute atomic E-state index is 13.1. The maximum atomic E-state index is 13.1. The van der Waals surface area contributed by atoms with Crippen molar-refractivity contribution in [2.75, 3.05) is 6.54 Å². The van der Waals surface area contributed by atoms with Gasteiger partial charge in [-0.25, -0.2) is 4.39 Å². The Balaban J connectivity index is 2.72. The molecule has 0 saturated heterocycles. The molecule has 0 fully saturated rings. The second-order valence-electron chi connectivity index (χ2n) is 4.60. The first-order valence-corrected chi connectivity index (χ1v) is 6.70. The van der Waals surface area contributed by atoms with Crippen molar-refractivity contribution in [2.45, 2.75) is 39.7 Å². The zero-order chi connectivity index (χ0) is 15.1. The van der Waals surface area contributed by atoms with Crippen LogP contribution in [-0.2, 0) is 4.79 Å². The Hall–Kier alpha value is -1.91. The number of benzene rings is 1. The second-order valence-corrected chi connectivity index (χ2v) is 4.60. The van der Waals surface area contributed by atoms with Gasteiger partial charge < -0.3 is 10.1 Å². The fraction of sp³-hybridized carbons (Fsp3) is 0.467. The predicted octanol–water partition coefficient (Wildman–Crippen LogP) is 2.71. The summed E-state index contributed by atoms with van der Waals surface area (Å²) in [5, 5.41) is 2.74. The van der Waals surface area contributed by atoms with E-state index in [1.54, 1.807) is 6.92 Å². The van der Waals surface area contributed by atoms with E-state index in [-0.39, 0.29) is 23.0 Å². The molecular weight excluding hydrogens is 261 g/mol. The number of amides is 1. The van der Waals surface area contributed by atoms with Gasteiger partial charge in [0.15, 0.2) is 11.9 Å². The van der Waals surface area contributed by atoms with Crippen molar-refractivity contribution >= 4 is 11.7 Å². The molecule has 110 valence electrons. The molecule has 1 aromatic carbocycles. The highest BCUT2D eigenvalue weighted by molar-refractivity contribution is 5.97. The molecule has 0 spiro atoms. The van der Waals surface area contributed by atoms with Gasteiger partial charge in [-0.05, 0) is 38.5 Å². The largest absolute Gasteiger partial charge is 0.480 e. The number of halogens is 1. The van der Waals surface area contributed by atoms with Crippen LogP contribution in [-0.4, -0.2) is 24.3 Å². The average Bonchev–Trinajstić information content (AvgIpc) is 2.40. The van der Waals surface area contributed by atoms with Crippen LogP contribution in [0.25, 0.3) is 0 Å². The zero-order valence-corrected chi connectivity index (χ0v) is 12.0. The highest BCUT2D eigenvalue weighted by atomic mass is 19.1. The van der Waals surface area contributed by atoms with E-state index in [2.05, 4.69) is 5.32 Å². The average molecular weight is 281 g/mol. The maximum Gasteiger partial charge on any atom is 0.260 e. The normalized spacial score (nSPS) is 11.8. The van der Waals surface area contributed by atoms with Crippen molar-refractivity contribution in [3.63, 3.8) is 0 Å². The predicted molar refractivity (Wildman–Crippen MR) is 74.4 cm³/mol. The minimum absolute atomic E-state index is 0.137. The molecule has 0 aromatic heterocycles. The van der Waals surface area contributed by atoms with Crippen molar-refractivity contribution in [3.8, 4) is 5.75 Å². The number of rotatable bonds is 7. The van der Waals surface area contributed by atoms with Crippen molar-refractivity contribution in [1.82, 2.24) is 5.32 Å². The van der Waals surface area contributed by atoms with Crippen LogP contribution < -0.4 is 10.1 Å². The van der Waals surface area contributed by atoms with Crippen LogP contribution in [0.3, 0.4) is 0 Å². The molecule has 1 amide bonds. The van der Waals surface area contributed by atoms with Gasteiger partial charge in [0.05, 0.1) is 5.56 Å². The number of hydrogen-bond acceptors (Lipinski definition) is 3. The fourth-order valence-corrected chi connectivity index (χ4v) is 1.66. The Bertz CT molecular complexity index is 488. The summed E-state index contributed by atoms with van der Waals surface area (Å²) in [6.45, 7) is 5.54. The van der Waals surface area contributed by atoms with E-state index in [0.29, 0.717) is 6.54 Å². The monoisotopic (exact) mass is 281 g/mol. The SMILES string of the molecule is CCCCNC(=O)C(C)Oc1ccc(F)cc1C(C)=O. The van der Waals surface area contributed by atoms with Gasteiger partial charge in [0, 0.05) is 6.54 Å². The van der Waals surface area contributed by atoms with Gasteiger partial charge in [-0.3, -0.25) is 9.59 Å².